The van der Waals surface area contributed by atoms with Crippen LogP contribution in [0.15, 0.2) is 85.2 Å². The van der Waals surface area contributed by atoms with E-state index in [0.717, 1.165) is 24.5 Å². The summed E-state index contributed by atoms with van der Waals surface area (Å²) in [7, 11) is 3.80. The number of nitrogens with zero attached hydrogens (tertiary/aromatic N) is 5. The SMILES string of the molecule is CCCC[C@H]1C(=O)N(C)[C@@H](CCCC)C(=O)N[C@@H](CCC(=O)O)C(=O)N[C@H](C(=O)NCC(N)=O)CSCC(=O)N[C@@H](Cc2ccc(O)cc2)C(=O)N(C)[C@@H](C)C(=O)N[C@@H](CC(N)=O)C(=O)N2CCC[C@H]2C(=O)N[C@@H](CN)C(=O)N[C@@H](CCC(N)=O)C(=O)N2C[C@H](O)C[C@H]2C(=O)N[C@@H](Cc2c[nH]c3ccccc23)C(=O)N[C@@H](CCN)C(=O)N[C@@H](Cc2c[nH]c3ccccc23)C(=O)N1C. The molecule has 132 heavy (non-hydrogen) atoms. The molecule has 3 aliphatic rings. The maximum absolute atomic E-state index is 15.8. The number of phenols is 1. The largest absolute Gasteiger partial charge is 0.508 e. The number of likely N-dealkylation sites (N-methyl/N-ethyl adjacent to an activating group) is 3. The van der Waals surface area contributed by atoms with Crippen LogP contribution in [0.25, 0.3) is 21.8 Å². The number of hydrogen-bond acceptors (Lipinski definition) is 24. The van der Waals surface area contributed by atoms with Gasteiger partial charge >= 0.3 is 5.97 Å². The van der Waals surface area contributed by atoms with Gasteiger partial charge in [-0.1, -0.05) is 88.1 Å². The number of aliphatic carboxylic acids is 1. The second kappa shape index (κ2) is 49.6. The van der Waals surface area contributed by atoms with Crippen molar-refractivity contribution in [3.63, 3.8) is 0 Å². The van der Waals surface area contributed by atoms with Gasteiger partial charge in [-0.15, -0.1) is 11.8 Å². The van der Waals surface area contributed by atoms with Crippen LogP contribution in [-0.2, 0) is 110 Å². The third kappa shape index (κ3) is 28.8. The number of aliphatic hydroxyl groups excluding tert-OH is 1. The van der Waals surface area contributed by atoms with Crippen molar-refractivity contribution in [2.24, 2.45) is 28.7 Å². The molecule has 0 spiro atoms. The third-order valence-corrected chi connectivity index (χ3v) is 24.5. The summed E-state index contributed by atoms with van der Waals surface area (Å²) in [5, 5.41) is 58.4. The van der Waals surface area contributed by atoms with Gasteiger partial charge in [-0.3, -0.25) is 91.1 Å². The lowest BCUT2D eigenvalue weighted by molar-refractivity contribution is -0.149. The van der Waals surface area contributed by atoms with Crippen LogP contribution >= 0.6 is 11.8 Å². The lowest BCUT2D eigenvalue weighted by atomic mass is 9.99. The second-order valence-electron chi connectivity index (χ2n) is 33.2. The number of fused-ring (bicyclic) bond motifs is 4. The van der Waals surface area contributed by atoms with Crippen LogP contribution in [0.1, 0.15) is 134 Å². The number of aromatic hydroxyl groups is 1. The molecule has 5 aromatic rings. The van der Waals surface area contributed by atoms with Crippen molar-refractivity contribution in [3.8, 4) is 5.75 Å². The molecule has 3 aliphatic heterocycles. The number of carboxylic acids is 1. The molecule has 8 rings (SSSR count). The summed E-state index contributed by atoms with van der Waals surface area (Å²) in [5.74, 6) is -20.7. The summed E-state index contributed by atoms with van der Waals surface area (Å²) in [4.78, 5) is 284. The van der Waals surface area contributed by atoms with Crippen LogP contribution in [0.5, 0.6) is 5.75 Å². The van der Waals surface area contributed by atoms with E-state index < -0.39 is 273 Å². The molecule has 0 saturated carbocycles. The van der Waals surface area contributed by atoms with Gasteiger partial charge in [0.2, 0.25) is 106 Å². The molecule has 18 amide bonds. The minimum absolute atomic E-state index is 0.0361. The average Bonchev–Trinajstić information content (AvgIpc) is 1.65. The maximum atomic E-state index is 15.8. The summed E-state index contributed by atoms with van der Waals surface area (Å²) in [6.45, 7) is 2.41. The number of carbonyl (C=O) groups excluding carboxylic acids is 18. The number of aromatic nitrogens is 2. The monoisotopic (exact) mass is 1860 g/mol. The van der Waals surface area contributed by atoms with Gasteiger partial charge in [0.1, 0.15) is 90.3 Å². The first-order valence-electron chi connectivity index (χ1n) is 43.8. The van der Waals surface area contributed by atoms with E-state index >= 15 is 33.6 Å². The van der Waals surface area contributed by atoms with Crippen molar-refractivity contribution in [2.75, 3.05) is 65.4 Å². The summed E-state index contributed by atoms with van der Waals surface area (Å²) in [5.41, 5.74) is 31.6. The Labute approximate surface area is 765 Å². The highest BCUT2D eigenvalue weighted by Crippen LogP contribution is 2.28. The molecule has 0 radical (unpaired) electrons. The summed E-state index contributed by atoms with van der Waals surface area (Å²) in [6, 6.07) is -3.24. The number of nitrogens with one attached hydrogen (secondary N) is 12. The second-order valence-corrected chi connectivity index (χ2v) is 34.2. The van der Waals surface area contributed by atoms with Crippen LogP contribution in [0.2, 0.25) is 0 Å². The number of carbonyl (C=O) groups is 19. The molecule has 3 aromatic carbocycles. The zero-order chi connectivity index (χ0) is 96.9. The number of nitrogens with two attached hydrogens (primary N) is 5. The molecular weight excluding hydrogens is 1740 g/mol. The topological polar surface area (TPSA) is 683 Å². The van der Waals surface area contributed by atoms with E-state index in [4.69, 9.17) is 28.7 Å². The van der Waals surface area contributed by atoms with Gasteiger partial charge in [0, 0.05) is 119 Å². The van der Waals surface area contributed by atoms with Crippen molar-refractivity contribution >= 4 is 146 Å². The number of amides is 18. The van der Waals surface area contributed by atoms with Crippen molar-refractivity contribution in [2.45, 2.75) is 227 Å². The van der Waals surface area contributed by atoms with E-state index in [1.807, 2.05) is 6.92 Å². The molecule has 15 atom stereocenters. The van der Waals surface area contributed by atoms with Gasteiger partial charge in [-0.25, -0.2) is 0 Å². The molecule has 3 saturated heterocycles. The first-order valence-corrected chi connectivity index (χ1v) is 44.9. The predicted octanol–water partition coefficient (Wildman–Crippen LogP) is -4.76. The number of para-hydroxylation sites is 2. The number of benzene rings is 3. The molecule has 45 heteroatoms. The van der Waals surface area contributed by atoms with Crippen LogP contribution in [0, 0.1) is 0 Å². The van der Waals surface area contributed by atoms with Crippen LogP contribution in [-0.4, -0.2) is 318 Å². The number of primary amides is 3. The zero-order valence-electron chi connectivity index (χ0n) is 74.6. The fraction of sp³-hybridized carbons (Fsp3) is 0.529. The van der Waals surface area contributed by atoms with Gasteiger partial charge < -0.3 is 132 Å². The molecule has 718 valence electrons. The molecule has 3 fully saturated rings. The average molecular weight is 1860 g/mol. The first kappa shape index (κ1) is 104. The smallest absolute Gasteiger partial charge is 0.303 e. The van der Waals surface area contributed by atoms with Crippen LogP contribution in [0.4, 0.5) is 0 Å². The maximum Gasteiger partial charge on any atom is 0.303 e. The number of aromatic amines is 2. The number of phenolic OH excluding ortho intramolecular Hbond substituents is 1. The first-order chi connectivity index (χ1) is 62.8. The fourth-order valence-electron chi connectivity index (χ4n) is 16.0. The standard InChI is InChI=1S/C87H122N22O22S/c1-7-9-20-65-80(124)98-56(28-30-73(116)117)76(120)104-64(75(119)95-42-71(92)114)44-132-45-72(115)96-60(34-47-23-25-50(110)26-24-47)83(127)105(4)46(3)74(118)101-62(38-70(91)113)86(130)108-33-15-22-66(108)81(125)103-63(39-89)79(123)99-58(27-29-69(90)112)85(129)109-43-51(111)37-68(109)82(126)100-59(35-48-40-93-54-18-13-11-16-52(48)54)78(122)97-57(31-32-88)77(121)102-61(36-49-41-94-55-19-14-12-17-53(49)55)84(128)107(6)67(21-10-8-2)87(131)106(65)5/h11-14,16-19,23-26,40-41,46,51,56-68,93-94,110-111H,7-10,15,20-22,27-39,42-45,88-89H2,1-6H3,(H2,90,112)(H2,91,113)(H2,92,114)(H,95,119)(H,96,115)(H,97,122)(H,98,124)(H,99,123)(H,100,126)(H,101,118)(H,102,121)(H,103,125)(H,104,120)(H,116,117)/t46-,51+,56-,57-,58-,59-,60-,61-,62-,63-,64-,65-,66-,67-,68-/m0/s1. The van der Waals surface area contributed by atoms with Gasteiger partial charge in [-0.2, -0.15) is 0 Å². The zero-order valence-corrected chi connectivity index (χ0v) is 75.4. The Morgan fingerprint density at radius 2 is 1.01 bits per heavy atom. The van der Waals surface area contributed by atoms with Gasteiger partial charge in [0.15, 0.2) is 0 Å². The minimum atomic E-state index is -1.82. The Balaban J connectivity index is 1.19. The predicted molar refractivity (Wildman–Crippen MR) is 480 cm³/mol. The minimum Gasteiger partial charge on any atom is -0.508 e. The van der Waals surface area contributed by atoms with Crippen LogP contribution in [0.3, 0.4) is 0 Å². The molecule has 5 heterocycles. The number of H-pyrrole nitrogens is 2. The summed E-state index contributed by atoms with van der Waals surface area (Å²) < 4.78 is 0. The molecule has 25 N–H and O–H groups in total. The van der Waals surface area contributed by atoms with E-state index in [2.05, 4.69) is 63.1 Å². The Morgan fingerprint density at radius 3 is 1.61 bits per heavy atom. The third-order valence-electron chi connectivity index (χ3n) is 23.5. The normalized spacial score (nSPS) is 25.0. The Morgan fingerprint density at radius 1 is 0.500 bits per heavy atom. The van der Waals surface area contributed by atoms with E-state index in [1.54, 1.807) is 67.8 Å². The number of rotatable bonds is 26. The number of unbranched alkanes of at least 4 members (excludes halogenated alkanes) is 2. The highest BCUT2D eigenvalue weighted by atomic mass is 32.2. The summed E-state index contributed by atoms with van der Waals surface area (Å²) in [6.07, 6.45) is -1.78. The van der Waals surface area contributed by atoms with Gasteiger partial charge in [0.05, 0.1) is 24.8 Å². The lowest BCUT2D eigenvalue weighted by Crippen LogP contribution is -2.61. The van der Waals surface area contributed by atoms with E-state index in [-0.39, 0.29) is 76.6 Å². The summed E-state index contributed by atoms with van der Waals surface area (Å²) >= 11 is 0.700. The number of thioether (sulfide) groups is 1. The van der Waals surface area contributed by atoms with E-state index in [1.165, 1.54) is 52.3 Å². The van der Waals surface area contributed by atoms with Crippen molar-refractivity contribution in [1.82, 2.24) is 87.6 Å². The number of carboxylic acid groups (broad SMARTS) is 1. The Kier molecular flexibility index (Phi) is 39.1. The number of aliphatic hydroxyl groups is 1. The van der Waals surface area contributed by atoms with Crippen LogP contribution < -0.4 is 81.8 Å². The number of hydrogen-bond donors (Lipinski definition) is 20. The Hall–Kier alpha value is -13.3. The molecule has 0 unspecified atom stereocenters. The highest BCUT2D eigenvalue weighted by Gasteiger charge is 2.47. The van der Waals surface area contributed by atoms with Crippen molar-refractivity contribution < 1.29 is 106 Å². The van der Waals surface area contributed by atoms with E-state index in [0.29, 0.717) is 69.5 Å². The molecule has 0 aliphatic carbocycles. The molecule has 0 bridgehead atoms. The highest BCUT2D eigenvalue weighted by molar-refractivity contribution is 8.00. The lowest BCUT2D eigenvalue weighted by Gasteiger charge is -2.36. The van der Waals surface area contributed by atoms with E-state index in [9.17, 15) is 72.9 Å². The van der Waals surface area contributed by atoms with Gasteiger partial charge in [0.25, 0.3) is 0 Å². The molecule has 44 nitrogen and oxygen atoms in total. The molecule has 2 aromatic heterocycles. The van der Waals surface area contributed by atoms with Crippen molar-refractivity contribution in [3.05, 3.63) is 102 Å². The fourth-order valence-corrected chi connectivity index (χ4v) is 16.9. The quantitative estimate of drug-likeness (QED) is 0.0247. The van der Waals surface area contributed by atoms with Crippen molar-refractivity contribution in [1.29, 1.82) is 0 Å². The Bertz CT molecular complexity index is 5010. The van der Waals surface area contributed by atoms with Gasteiger partial charge in [-0.05, 0) is 99.4 Å². The molecular formula is C87H122N22O22S.